The normalized spacial score (nSPS) is 12.2. The van der Waals surface area contributed by atoms with Gasteiger partial charge in [-0.15, -0.1) is 0 Å². The molecule has 118 valence electrons. The fraction of sp³-hybridized carbons (Fsp3) is 0.0769. The van der Waals surface area contributed by atoms with Gasteiger partial charge in [-0.1, -0.05) is 29.3 Å². The number of sulfone groups is 1. The van der Waals surface area contributed by atoms with Crippen molar-refractivity contribution in [1.29, 1.82) is 0 Å². The Labute approximate surface area is 134 Å². The number of halogens is 5. The molecule has 9 heteroatoms. The van der Waals surface area contributed by atoms with E-state index in [0.29, 0.717) is 0 Å². The first kappa shape index (κ1) is 16.9. The van der Waals surface area contributed by atoms with E-state index in [1.54, 1.807) is 0 Å². The Kier molecular flexibility index (Phi) is 4.60. The van der Waals surface area contributed by atoms with Crippen LogP contribution in [0, 0.1) is 0 Å². The molecule has 2 aromatic carbocycles. The summed E-state index contributed by atoms with van der Waals surface area (Å²) in [6.07, 6.45) is 0. The van der Waals surface area contributed by atoms with Crippen LogP contribution >= 0.6 is 23.2 Å². The fourth-order valence-electron chi connectivity index (χ4n) is 1.56. The number of alkyl halides is 3. The number of rotatable bonds is 3. The highest BCUT2D eigenvalue weighted by atomic mass is 35.5. The fourth-order valence-corrected chi connectivity index (χ4v) is 2.86. The van der Waals surface area contributed by atoms with Gasteiger partial charge in [0.05, 0.1) is 4.90 Å². The Morgan fingerprint density at radius 2 is 1.50 bits per heavy atom. The van der Waals surface area contributed by atoms with Gasteiger partial charge in [0.2, 0.25) is 0 Å². The molecule has 0 bridgehead atoms. The van der Waals surface area contributed by atoms with Crippen LogP contribution in [-0.2, 0) is 9.84 Å². The quantitative estimate of drug-likeness (QED) is 0.756. The molecule has 0 saturated heterocycles. The monoisotopic (exact) mass is 370 g/mol. The lowest BCUT2D eigenvalue weighted by molar-refractivity contribution is -0.0436. The second kappa shape index (κ2) is 5.98. The van der Waals surface area contributed by atoms with Gasteiger partial charge in [0.15, 0.2) is 0 Å². The molecule has 0 radical (unpaired) electrons. The van der Waals surface area contributed by atoms with E-state index in [2.05, 4.69) is 0 Å². The van der Waals surface area contributed by atoms with E-state index in [1.807, 2.05) is 0 Å². The van der Waals surface area contributed by atoms with Gasteiger partial charge in [-0.25, -0.2) is 8.42 Å². The van der Waals surface area contributed by atoms with Gasteiger partial charge < -0.3 is 4.74 Å². The van der Waals surface area contributed by atoms with Gasteiger partial charge in [0.1, 0.15) is 11.5 Å². The van der Waals surface area contributed by atoms with Gasteiger partial charge in [-0.3, -0.25) is 0 Å². The van der Waals surface area contributed by atoms with Crippen molar-refractivity contribution in [2.24, 2.45) is 0 Å². The summed E-state index contributed by atoms with van der Waals surface area (Å²) in [6, 6.07) is 8.28. The highest BCUT2D eigenvalue weighted by molar-refractivity contribution is 7.92. The van der Waals surface area contributed by atoms with Gasteiger partial charge in [-0.05, 0) is 36.4 Å². The number of hydrogen-bond acceptors (Lipinski definition) is 3. The van der Waals surface area contributed by atoms with Crippen molar-refractivity contribution < 1.29 is 26.3 Å². The lowest BCUT2D eigenvalue weighted by atomic mass is 10.3. The van der Waals surface area contributed by atoms with Crippen LogP contribution in [0.25, 0.3) is 0 Å². The zero-order chi connectivity index (χ0) is 16.5. The first-order chi connectivity index (χ1) is 10.1. The van der Waals surface area contributed by atoms with E-state index >= 15 is 0 Å². The Balaban J connectivity index is 2.37. The van der Waals surface area contributed by atoms with Gasteiger partial charge >= 0.3 is 5.51 Å². The molecule has 0 aliphatic carbocycles. The summed E-state index contributed by atoms with van der Waals surface area (Å²) in [5, 5.41) is 0.531. The van der Waals surface area contributed by atoms with Crippen LogP contribution in [0.4, 0.5) is 13.2 Å². The molecule has 0 aliphatic rings. The van der Waals surface area contributed by atoms with Crippen molar-refractivity contribution in [1.82, 2.24) is 0 Å². The van der Waals surface area contributed by atoms with Gasteiger partial charge in [0.25, 0.3) is 9.84 Å². The van der Waals surface area contributed by atoms with Crippen LogP contribution in [0.5, 0.6) is 11.5 Å². The van der Waals surface area contributed by atoms with E-state index < -0.39 is 20.2 Å². The van der Waals surface area contributed by atoms with Crippen molar-refractivity contribution in [3.63, 3.8) is 0 Å². The first-order valence-corrected chi connectivity index (χ1v) is 7.89. The molecule has 0 aliphatic heterocycles. The minimum absolute atomic E-state index is 0.0938. The van der Waals surface area contributed by atoms with Crippen LogP contribution in [0.15, 0.2) is 47.4 Å². The Morgan fingerprint density at radius 3 is 2.05 bits per heavy atom. The maximum Gasteiger partial charge on any atom is 0.501 e. The molecule has 2 rings (SSSR count). The zero-order valence-corrected chi connectivity index (χ0v) is 12.9. The second-order valence-corrected chi connectivity index (χ2v) is 6.95. The lowest BCUT2D eigenvalue weighted by Crippen LogP contribution is -2.23. The SMILES string of the molecule is O=S(=O)(c1cccc(Oc2cc(Cl)cc(Cl)c2)c1)C(F)(F)F. The minimum Gasteiger partial charge on any atom is -0.457 e. The summed E-state index contributed by atoms with van der Waals surface area (Å²) in [7, 11) is -5.44. The van der Waals surface area contributed by atoms with Crippen LogP contribution in [-0.4, -0.2) is 13.9 Å². The topological polar surface area (TPSA) is 43.4 Å². The molecule has 2 aromatic rings. The summed E-state index contributed by atoms with van der Waals surface area (Å²) in [4.78, 5) is -0.911. The van der Waals surface area contributed by atoms with Crippen LogP contribution in [0.2, 0.25) is 10.0 Å². The number of benzene rings is 2. The molecular formula is C13H7Cl2F3O3S. The minimum atomic E-state index is -5.44. The van der Waals surface area contributed by atoms with E-state index in [9.17, 15) is 21.6 Å². The maximum atomic E-state index is 12.5. The van der Waals surface area contributed by atoms with E-state index in [1.165, 1.54) is 24.3 Å². The first-order valence-electron chi connectivity index (χ1n) is 5.65. The van der Waals surface area contributed by atoms with Crippen molar-refractivity contribution in [2.45, 2.75) is 10.4 Å². The third-order valence-electron chi connectivity index (χ3n) is 2.49. The summed E-state index contributed by atoms with van der Waals surface area (Å²) in [5.74, 6) is 0.0720. The molecule has 0 fully saturated rings. The Morgan fingerprint density at radius 1 is 0.909 bits per heavy atom. The molecule has 0 N–H and O–H groups in total. The molecule has 0 spiro atoms. The molecule has 0 aromatic heterocycles. The maximum absolute atomic E-state index is 12.5. The molecule has 0 amide bonds. The standard InChI is InChI=1S/C13H7Cl2F3O3S/c14-8-4-9(15)6-11(5-8)21-10-2-1-3-12(7-10)22(19,20)13(16,17)18/h1-7H. The average Bonchev–Trinajstić information content (AvgIpc) is 2.36. The second-order valence-electron chi connectivity index (χ2n) is 4.13. The third kappa shape index (κ3) is 3.66. The van der Waals surface area contributed by atoms with Gasteiger partial charge in [-0.2, -0.15) is 13.2 Å². The zero-order valence-electron chi connectivity index (χ0n) is 10.6. The molecule has 0 heterocycles. The molecule has 22 heavy (non-hydrogen) atoms. The van der Waals surface area contributed by atoms with Crippen LogP contribution in [0.3, 0.4) is 0 Å². The highest BCUT2D eigenvalue weighted by Gasteiger charge is 2.46. The molecular weight excluding hydrogens is 364 g/mol. The summed E-state index contributed by atoms with van der Waals surface area (Å²) in [5.41, 5.74) is -5.38. The molecule has 0 unspecified atom stereocenters. The third-order valence-corrected chi connectivity index (χ3v) is 4.41. The summed E-state index contributed by atoms with van der Waals surface area (Å²) < 4.78 is 65.5. The predicted octanol–water partition coefficient (Wildman–Crippen LogP) is 5.08. The van der Waals surface area contributed by atoms with Gasteiger partial charge in [0, 0.05) is 10.0 Å². The van der Waals surface area contributed by atoms with Crippen molar-refractivity contribution >= 4 is 33.0 Å². The summed E-state index contributed by atoms with van der Waals surface area (Å²) in [6.45, 7) is 0. The Hall–Kier alpha value is -1.44. The van der Waals surface area contributed by atoms with Crippen LogP contribution < -0.4 is 4.74 Å². The van der Waals surface area contributed by atoms with Crippen molar-refractivity contribution in [2.75, 3.05) is 0 Å². The van der Waals surface area contributed by atoms with E-state index in [4.69, 9.17) is 27.9 Å². The molecule has 3 nitrogen and oxygen atoms in total. The Bertz CT molecular complexity index is 784. The molecule has 0 saturated carbocycles. The summed E-state index contributed by atoms with van der Waals surface area (Å²) >= 11 is 11.5. The van der Waals surface area contributed by atoms with E-state index in [0.717, 1.165) is 18.2 Å². The lowest BCUT2D eigenvalue weighted by Gasteiger charge is -2.10. The van der Waals surface area contributed by atoms with E-state index in [-0.39, 0.29) is 21.5 Å². The smallest absolute Gasteiger partial charge is 0.457 e. The number of ether oxygens (including phenoxy) is 1. The highest BCUT2D eigenvalue weighted by Crippen LogP contribution is 2.33. The van der Waals surface area contributed by atoms with Crippen molar-refractivity contribution in [3.8, 4) is 11.5 Å². The predicted molar refractivity (Wildman–Crippen MR) is 76.2 cm³/mol. The number of hydrogen-bond donors (Lipinski definition) is 0. The van der Waals surface area contributed by atoms with Crippen LogP contribution in [0.1, 0.15) is 0 Å². The largest absolute Gasteiger partial charge is 0.501 e. The molecule has 0 atom stereocenters. The average molecular weight is 371 g/mol. The van der Waals surface area contributed by atoms with Crippen molar-refractivity contribution in [3.05, 3.63) is 52.5 Å².